The molecular weight excluding hydrogens is 653 g/mol. The zero-order valence-electron chi connectivity index (χ0n) is 28.3. The van der Waals surface area contributed by atoms with Gasteiger partial charge < -0.3 is 20.1 Å². The van der Waals surface area contributed by atoms with Gasteiger partial charge in [-0.25, -0.2) is 18.2 Å². The topological polar surface area (TPSA) is 86.6 Å². The highest BCUT2D eigenvalue weighted by atomic mass is 19.1. The van der Waals surface area contributed by atoms with Gasteiger partial charge in [-0.3, -0.25) is 4.90 Å². The minimum absolute atomic E-state index is 0.00575. The summed E-state index contributed by atoms with van der Waals surface area (Å²) in [6.07, 6.45) is 13.2. The number of phenols is 1. The van der Waals surface area contributed by atoms with Crippen LogP contribution in [0, 0.1) is 41.7 Å². The van der Waals surface area contributed by atoms with Gasteiger partial charge in [0.25, 0.3) is 0 Å². The van der Waals surface area contributed by atoms with Crippen molar-refractivity contribution in [1.82, 2.24) is 25.2 Å². The summed E-state index contributed by atoms with van der Waals surface area (Å²) in [4.78, 5) is 18.8. The second kappa shape index (κ2) is 12.6. The maximum absolute atomic E-state index is 17.4. The van der Waals surface area contributed by atoms with Crippen LogP contribution in [0.3, 0.4) is 0 Å². The number of anilines is 1. The van der Waals surface area contributed by atoms with Crippen molar-refractivity contribution in [3.63, 3.8) is 0 Å². The minimum Gasteiger partial charge on any atom is -0.508 e. The molecular formula is C40H39F3N6O2. The Balaban J connectivity index is 1.27. The van der Waals surface area contributed by atoms with Crippen molar-refractivity contribution < 1.29 is 23.0 Å². The first kappa shape index (κ1) is 32.3. The lowest BCUT2D eigenvalue weighted by atomic mass is 9.95. The Labute approximate surface area is 294 Å². The molecule has 51 heavy (non-hydrogen) atoms. The van der Waals surface area contributed by atoms with Crippen molar-refractivity contribution in [2.24, 2.45) is 5.92 Å². The van der Waals surface area contributed by atoms with E-state index in [0.717, 1.165) is 57.9 Å². The monoisotopic (exact) mass is 692 g/mol. The summed E-state index contributed by atoms with van der Waals surface area (Å²) < 4.78 is 53.5. The third-order valence-electron chi connectivity index (χ3n) is 11.7. The molecule has 2 bridgehead atoms. The smallest absolute Gasteiger partial charge is 0.319 e. The Kier molecular flexibility index (Phi) is 7.97. The fraction of sp³-hybridized carbons (Fsp3) is 0.475. The van der Waals surface area contributed by atoms with Crippen LogP contribution in [-0.4, -0.2) is 81.5 Å². The number of alkyl halides is 1. The van der Waals surface area contributed by atoms with Crippen LogP contribution < -0.4 is 15.0 Å². The molecule has 9 rings (SSSR count). The third-order valence-corrected chi connectivity index (χ3v) is 11.7. The van der Waals surface area contributed by atoms with Crippen molar-refractivity contribution in [3.05, 3.63) is 47.2 Å². The highest BCUT2D eigenvalue weighted by Crippen LogP contribution is 2.43. The number of phenolic OH excluding ortho intramolecular Hbond substituents is 1. The van der Waals surface area contributed by atoms with E-state index in [4.69, 9.17) is 26.1 Å². The molecule has 2 N–H and O–H groups in total. The molecule has 4 atom stereocenters. The fourth-order valence-electron chi connectivity index (χ4n) is 9.31. The van der Waals surface area contributed by atoms with E-state index >= 15 is 8.78 Å². The SMILES string of the molecule is C#Cc1c(F)ccc2cc(O)cc(-c3nc(C#CC4CCCC4)c4c(N5CC6CCC(C5)N6)nc(OC[C@@]56CCCN5C[C@H](F)C6)nc4c3F)c12. The lowest BCUT2D eigenvalue weighted by molar-refractivity contribution is 0.107. The van der Waals surface area contributed by atoms with Gasteiger partial charge >= 0.3 is 6.01 Å². The highest BCUT2D eigenvalue weighted by Gasteiger charge is 2.49. The molecule has 1 aliphatic carbocycles. The predicted molar refractivity (Wildman–Crippen MR) is 189 cm³/mol. The number of rotatable bonds is 5. The second-order valence-electron chi connectivity index (χ2n) is 15.0. The summed E-state index contributed by atoms with van der Waals surface area (Å²) in [7, 11) is 0. The quantitative estimate of drug-likeness (QED) is 0.238. The van der Waals surface area contributed by atoms with Crippen LogP contribution >= 0.6 is 0 Å². The molecule has 4 aliphatic heterocycles. The van der Waals surface area contributed by atoms with Crippen molar-refractivity contribution in [2.45, 2.75) is 81.6 Å². The van der Waals surface area contributed by atoms with Gasteiger partial charge in [-0.05, 0) is 74.6 Å². The van der Waals surface area contributed by atoms with Gasteiger partial charge in [0, 0.05) is 55.0 Å². The maximum atomic E-state index is 17.4. The van der Waals surface area contributed by atoms with Crippen LogP contribution in [0.2, 0.25) is 0 Å². The van der Waals surface area contributed by atoms with Gasteiger partial charge in [0.15, 0.2) is 5.82 Å². The molecule has 262 valence electrons. The summed E-state index contributed by atoms with van der Waals surface area (Å²) in [5.74, 6) is 8.21. The number of hydrogen-bond donors (Lipinski definition) is 2. The summed E-state index contributed by atoms with van der Waals surface area (Å²) >= 11 is 0. The standard InChI is InChI=1S/C40H39F3N6O2/c1-2-29-31(42)12-9-24-16-28(50)17-30(33(24)29)36-35(43)37-34(32(45-36)13-8-23-6-3-4-7-23)38(48-20-26-10-11-27(21-48)44-26)47-39(46-37)51-22-40-14-5-15-49(40)19-25(41)18-40/h1,9,12,16-17,23,25-27,44,50H,3-7,10-11,14-15,18-22H2/t25-,26?,27?,40+/m1/s1. The van der Waals surface area contributed by atoms with Crippen LogP contribution in [0.1, 0.15) is 69.0 Å². The van der Waals surface area contributed by atoms with Gasteiger partial charge in [0.05, 0.1) is 16.5 Å². The van der Waals surface area contributed by atoms with E-state index < -0.39 is 23.3 Å². The zero-order valence-corrected chi connectivity index (χ0v) is 28.3. The average molecular weight is 693 g/mol. The number of nitrogens with one attached hydrogen (secondary N) is 1. The number of aromatic nitrogens is 3. The summed E-state index contributed by atoms with van der Waals surface area (Å²) in [6.45, 7) is 2.68. The molecule has 0 radical (unpaired) electrons. The van der Waals surface area contributed by atoms with Crippen molar-refractivity contribution >= 4 is 27.5 Å². The van der Waals surface area contributed by atoms with E-state index in [9.17, 15) is 9.50 Å². The number of nitrogens with zero attached hydrogens (tertiary/aromatic N) is 5. The Bertz CT molecular complexity index is 2160. The molecule has 5 fully saturated rings. The predicted octanol–water partition coefficient (Wildman–Crippen LogP) is 6.25. The molecule has 0 spiro atoms. The summed E-state index contributed by atoms with van der Waals surface area (Å²) in [6, 6.07) is 6.04. The normalized spacial score (nSPS) is 26.1. The van der Waals surface area contributed by atoms with Gasteiger partial charge in [-0.2, -0.15) is 9.97 Å². The molecule has 4 saturated heterocycles. The average Bonchev–Trinajstić information content (AvgIpc) is 3.91. The van der Waals surface area contributed by atoms with Gasteiger partial charge in [0.2, 0.25) is 0 Å². The van der Waals surface area contributed by atoms with Gasteiger partial charge in [-0.1, -0.05) is 30.7 Å². The molecule has 6 heterocycles. The van der Waals surface area contributed by atoms with Crippen LogP contribution in [0.5, 0.6) is 11.8 Å². The van der Waals surface area contributed by atoms with Crippen LogP contribution in [0.25, 0.3) is 32.9 Å². The molecule has 8 nitrogen and oxygen atoms in total. The summed E-state index contributed by atoms with van der Waals surface area (Å²) in [5, 5.41) is 15.5. The van der Waals surface area contributed by atoms with E-state index in [2.05, 4.69) is 32.9 Å². The lowest BCUT2D eigenvalue weighted by Gasteiger charge is -2.35. The first-order valence-corrected chi connectivity index (χ1v) is 18.2. The number of fused-ring (bicyclic) bond motifs is 5. The molecule has 0 amide bonds. The number of hydrogen-bond acceptors (Lipinski definition) is 8. The molecule has 2 aromatic heterocycles. The first-order valence-electron chi connectivity index (χ1n) is 18.2. The number of aromatic hydroxyl groups is 1. The molecule has 4 aromatic rings. The molecule has 2 unspecified atom stereocenters. The van der Waals surface area contributed by atoms with Crippen molar-refractivity contribution in [1.29, 1.82) is 0 Å². The Morgan fingerprint density at radius 2 is 1.80 bits per heavy atom. The Hall–Kier alpha value is -4.58. The minimum atomic E-state index is -0.930. The van der Waals surface area contributed by atoms with E-state index in [1.165, 1.54) is 24.3 Å². The van der Waals surface area contributed by atoms with Crippen LogP contribution in [-0.2, 0) is 0 Å². The number of ether oxygens (including phenoxy) is 1. The summed E-state index contributed by atoms with van der Waals surface area (Å²) in [5.41, 5.74) is -0.283. The number of terminal acetylenes is 1. The van der Waals surface area contributed by atoms with Gasteiger partial charge in [-0.15, -0.1) is 6.42 Å². The number of pyridine rings is 1. The highest BCUT2D eigenvalue weighted by molar-refractivity contribution is 6.04. The third kappa shape index (κ3) is 5.62. The van der Waals surface area contributed by atoms with E-state index in [1.807, 2.05) is 0 Å². The van der Waals surface area contributed by atoms with Crippen molar-refractivity contribution in [2.75, 3.05) is 37.7 Å². The van der Waals surface area contributed by atoms with Gasteiger partial charge in [0.1, 0.15) is 47.1 Å². The van der Waals surface area contributed by atoms with Crippen molar-refractivity contribution in [3.8, 4) is 47.2 Å². The Morgan fingerprint density at radius 1 is 1.00 bits per heavy atom. The number of piperazine rings is 1. The zero-order chi connectivity index (χ0) is 34.9. The Morgan fingerprint density at radius 3 is 2.59 bits per heavy atom. The van der Waals surface area contributed by atoms with Crippen LogP contribution in [0.4, 0.5) is 19.0 Å². The molecule has 5 aliphatic rings. The molecule has 1 saturated carbocycles. The first-order chi connectivity index (χ1) is 24.8. The second-order valence-corrected chi connectivity index (χ2v) is 15.0. The molecule has 2 aromatic carbocycles. The number of halogens is 3. The van der Waals surface area contributed by atoms with E-state index in [0.29, 0.717) is 48.3 Å². The van der Waals surface area contributed by atoms with E-state index in [-0.39, 0.29) is 64.1 Å². The van der Waals surface area contributed by atoms with Crippen LogP contribution in [0.15, 0.2) is 24.3 Å². The molecule has 11 heteroatoms. The maximum Gasteiger partial charge on any atom is 0.319 e. The largest absolute Gasteiger partial charge is 0.508 e. The lowest BCUT2D eigenvalue weighted by Crippen LogP contribution is -2.51. The van der Waals surface area contributed by atoms with E-state index in [1.54, 1.807) is 0 Å². The number of benzene rings is 2. The fourth-order valence-corrected chi connectivity index (χ4v) is 9.31.